The van der Waals surface area contributed by atoms with Crippen molar-refractivity contribution in [3.63, 3.8) is 0 Å². The predicted octanol–water partition coefficient (Wildman–Crippen LogP) is -0.914. The van der Waals surface area contributed by atoms with Gasteiger partial charge in [0, 0.05) is 0 Å². The monoisotopic (exact) mass is 387 g/mol. The van der Waals surface area contributed by atoms with Gasteiger partial charge in [-0.2, -0.15) is 6.07 Å². The maximum Gasteiger partial charge on any atom is 3.00 e. The van der Waals surface area contributed by atoms with E-state index in [1.807, 2.05) is 0 Å². The van der Waals surface area contributed by atoms with Gasteiger partial charge in [0.2, 0.25) is 0 Å². The van der Waals surface area contributed by atoms with Crippen LogP contribution in [0.1, 0.15) is 48.9 Å². The molecule has 0 aliphatic carbocycles. The minimum atomic E-state index is 0. The molecule has 0 bridgehead atoms. The molecule has 1 radical (unpaired) electrons. The fourth-order valence-electron chi connectivity index (χ4n) is 2.80. The van der Waals surface area contributed by atoms with E-state index in [0.717, 1.165) is 0 Å². The van der Waals surface area contributed by atoms with Crippen molar-refractivity contribution in [1.29, 1.82) is 0 Å². The number of benzene rings is 1. The van der Waals surface area contributed by atoms with E-state index in [0.29, 0.717) is 0 Å². The number of hydrogen-bond donors (Lipinski definition) is 0. The predicted molar refractivity (Wildman–Crippen MR) is 77.0 cm³/mol. The SMILES string of the molecule is CCCc1cc(CCC)c2cc(C)[cH-]c2c1C.[Cl-].[Cl-].[Zr+3]. The number of fused-ring (bicyclic) bond motifs is 1. The van der Waals surface area contributed by atoms with Crippen molar-refractivity contribution < 1.29 is 51.0 Å². The molecule has 109 valence electrons. The van der Waals surface area contributed by atoms with Crippen molar-refractivity contribution in [3.8, 4) is 0 Å². The van der Waals surface area contributed by atoms with E-state index in [-0.39, 0.29) is 51.0 Å². The Balaban J connectivity index is 0. The molecule has 2 aromatic carbocycles. The van der Waals surface area contributed by atoms with Crippen molar-refractivity contribution in [2.45, 2.75) is 53.4 Å². The van der Waals surface area contributed by atoms with Crippen molar-refractivity contribution in [2.75, 3.05) is 0 Å². The Morgan fingerprint density at radius 3 is 2.00 bits per heavy atom. The smallest absolute Gasteiger partial charge is 1.00 e. The van der Waals surface area contributed by atoms with E-state index in [1.54, 1.807) is 11.1 Å². The first-order valence-corrected chi connectivity index (χ1v) is 6.85. The van der Waals surface area contributed by atoms with Crippen LogP contribution < -0.4 is 24.8 Å². The second-order valence-corrected chi connectivity index (χ2v) is 5.18. The molecule has 0 saturated carbocycles. The molecule has 0 amide bonds. The molecule has 0 atom stereocenters. The molecule has 20 heavy (non-hydrogen) atoms. The fourth-order valence-corrected chi connectivity index (χ4v) is 2.80. The van der Waals surface area contributed by atoms with Crippen LogP contribution in [0.3, 0.4) is 0 Å². The zero-order valence-corrected chi connectivity index (χ0v) is 16.8. The Morgan fingerprint density at radius 2 is 1.45 bits per heavy atom. The minimum Gasteiger partial charge on any atom is -1.00 e. The van der Waals surface area contributed by atoms with Gasteiger partial charge in [0.05, 0.1) is 0 Å². The van der Waals surface area contributed by atoms with E-state index < -0.39 is 0 Å². The molecular weight excluding hydrogens is 366 g/mol. The molecule has 0 nitrogen and oxygen atoms in total. The largest absolute Gasteiger partial charge is 3.00 e. The normalized spacial score (nSPS) is 9.60. The molecule has 0 heterocycles. The van der Waals surface area contributed by atoms with Gasteiger partial charge >= 0.3 is 26.2 Å². The summed E-state index contributed by atoms with van der Waals surface area (Å²) in [6.45, 7) is 9.01. The number of halogens is 2. The van der Waals surface area contributed by atoms with Crippen LogP contribution in [0.4, 0.5) is 0 Å². The molecule has 0 aliphatic heterocycles. The molecule has 0 fully saturated rings. The maximum absolute atomic E-state index is 2.45. The molecule has 0 saturated heterocycles. The van der Waals surface area contributed by atoms with Crippen LogP contribution >= 0.6 is 0 Å². The second kappa shape index (κ2) is 10.1. The van der Waals surface area contributed by atoms with E-state index in [2.05, 4.69) is 45.9 Å². The van der Waals surface area contributed by atoms with Gasteiger partial charge in [0.25, 0.3) is 0 Å². The van der Waals surface area contributed by atoms with Crippen molar-refractivity contribution >= 4 is 10.8 Å². The molecule has 2 rings (SSSR count). The van der Waals surface area contributed by atoms with E-state index >= 15 is 0 Å². The second-order valence-electron chi connectivity index (χ2n) is 5.18. The van der Waals surface area contributed by atoms with Gasteiger partial charge in [-0.1, -0.05) is 57.7 Å². The van der Waals surface area contributed by atoms with E-state index in [1.165, 1.54) is 47.6 Å². The van der Waals surface area contributed by atoms with Crippen LogP contribution in [0.5, 0.6) is 0 Å². The summed E-state index contributed by atoms with van der Waals surface area (Å²) in [5.74, 6) is 0. The Labute approximate surface area is 155 Å². The number of hydrogen-bond acceptors (Lipinski definition) is 0. The van der Waals surface area contributed by atoms with Crippen LogP contribution in [0.15, 0.2) is 18.2 Å². The first kappa shape index (κ1) is 22.6. The summed E-state index contributed by atoms with van der Waals surface area (Å²) >= 11 is 0. The summed E-state index contributed by atoms with van der Waals surface area (Å²) < 4.78 is 0. The fraction of sp³-hybridized carbons (Fsp3) is 0.471. The topological polar surface area (TPSA) is 0 Å². The van der Waals surface area contributed by atoms with Crippen LogP contribution in [-0.2, 0) is 39.0 Å². The first-order chi connectivity index (χ1) is 8.17. The van der Waals surface area contributed by atoms with Crippen molar-refractivity contribution in [2.24, 2.45) is 0 Å². The van der Waals surface area contributed by atoms with Gasteiger partial charge in [-0.25, -0.2) is 0 Å². The maximum atomic E-state index is 2.45. The van der Waals surface area contributed by atoms with Gasteiger partial charge in [-0.3, -0.25) is 0 Å². The average molecular weight is 390 g/mol. The summed E-state index contributed by atoms with van der Waals surface area (Å²) in [4.78, 5) is 0. The van der Waals surface area contributed by atoms with Gasteiger partial charge in [0.15, 0.2) is 0 Å². The molecule has 2 aromatic rings. The quantitative estimate of drug-likeness (QED) is 0.594. The molecule has 0 spiro atoms. The van der Waals surface area contributed by atoms with Crippen molar-refractivity contribution in [3.05, 3.63) is 40.5 Å². The summed E-state index contributed by atoms with van der Waals surface area (Å²) in [6.07, 6.45) is 4.88. The Morgan fingerprint density at radius 1 is 0.900 bits per heavy atom. The number of aryl methyl sites for hydroxylation is 4. The summed E-state index contributed by atoms with van der Waals surface area (Å²) in [6, 6.07) is 7.15. The van der Waals surface area contributed by atoms with E-state index in [4.69, 9.17) is 0 Å². The summed E-state index contributed by atoms with van der Waals surface area (Å²) in [5, 5.41) is 2.97. The third-order valence-corrected chi connectivity index (χ3v) is 3.65. The zero-order chi connectivity index (χ0) is 12.4. The summed E-state index contributed by atoms with van der Waals surface area (Å²) in [5.41, 5.74) is 5.99. The molecule has 0 unspecified atom stereocenters. The van der Waals surface area contributed by atoms with Crippen LogP contribution in [0.2, 0.25) is 0 Å². The average Bonchev–Trinajstić information content (AvgIpc) is 2.68. The third-order valence-electron chi connectivity index (χ3n) is 3.65. The zero-order valence-electron chi connectivity index (χ0n) is 12.8. The van der Waals surface area contributed by atoms with Crippen LogP contribution in [0.25, 0.3) is 10.8 Å². The number of rotatable bonds is 4. The Kier molecular flexibility index (Phi) is 11.4. The molecule has 3 heteroatoms. The molecule has 0 aromatic heterocycles. The van der Waals surface area contributed by atoms with Gasteiger partial charge in [0.1, 0.15) is 0 Å². The molecule has 0 aliphatic rings. The minimum absolute atomic E-state index is 0. The summed E-state index contributed by atoms with van der Waals surface area (Å²) in [7, 11) is 0. The van der Waals surface area contributed by atoms with Crippen LogP contribution in [0, 0.1) is 13.8 Å². The van der Waals surface area contributed by atoms with Crippen LogP contribution in [-0.4, -0.2) is 0 Å². The Hall–Kier alpha value is 0.293. The molecule has 0 N–H and O–H groups in total. The molecular formula is C17H23Cl2Zr. The first-order valence-electron chi connectivity index (χ1n) is 6.85. The van der Waals surface area contributed by atoms with E-state index in [9.17, 15) is 0 Å². The van der Waals surface area contributed by atoms with Crippen molar-refractivity contribution in [1.82, 2.24) is 0 Å². The third kappa shape index (κ3) is 4.65. The van der Waals surface area contributed by atoms with Gasteiger partial charge < -0.3 is 24.8 Å². The van der Waals surface area contributed by atoms with Gasteiger partial charge in [-0.15, -0.1) is 28.0 Å². The standard InChI is InChI=1S/C17H23.2ClH.Zr/c1-5-7-14-11-15(8-6-2)17-10-12(3)9-16(17)13(14)4;;;/h9-11H,5-8H2,1-4H3;2*1H;/q-1;;;+3/p-2. The van der Waals surface area contributed by atoms with Gasteiger partial charge in [-0.05, 0) is 12.8 Å². The Bertz CT molecular complexity index is 529.